The number of nitrogens with one attached hydrogen (secondary N) is 1. The van der Waals surface area contributed by atoms with Gasteiger partial charge in [-0.25, -0.2) is 8.78 Å². The number of Topliss-reactive ketones (excluding diaryl/α,β-unsaturated/α-hetero) is 1. The van der Waals surface area contributed by atoms with Gasteiger partial charge in [-0.2, -0.15) is 0 Å². The quantitative estimate of drug-likeness (QED) is 0.852. The average molecular weight is 261 g/mol. The van der Waals surface area contributed by atoms with E-state index < -0.39 is 11.6 Å². The van der Waals surface area contributed by atoms with Crippen LogP contribution in [0.1, 0.15) is 15.9 Å². The van der Waals surface area contributed by atoms with Crippen LogP contribution in [0, 0.1) is 18.6 Å². The molecule has 0 saturated carbocycles. The van der Waals surface area contributed by atoms with Gasteiger partial charge in [0.25, 0.3) is 0 Å². The summed E-state index contributed by atoms with van der Waals surface area (Å²) in [4.78, 5) is 11.8. The summed E-state index contributed by atoms with van der Waals surface area (Å²) >= 11 is 0. The Balaban J connectivity index is 2.03. The number of rotatable bonds is 4. The normalized spacial score (nSPS) is 10.3. The molecular formula is C15H13F2NO. The second kappa shape index (κ2) is 5.61. The topological polar surface area (TPSA) is 29.1 Å². The Hall–Kier alpha value is -2.23. The van der Waals surface area contributed by atoms with E-state index in [1.807, 2.05) is 31.2 Å². The molecule has 0 bridgehead atoms. The van der Waals surface area contributed by atoms with E-state index in [2.05, 4.69) is 5.32 Å². The third-order valence-corrected chi connectivity index (χ3v) is 2.71. The molecule has 2 nitrogen and oxygen atoms in total. The van der Waals surface area contributed by atoms with Crippen molar-refractivity contribution < 1.29 is 13.6 Å². The monoisotopic (exact) mass is 261 g/mol. The van der Waals surface area contributed by atoms with Gasteiger partial charge < -0.3 is 5.32 Å². The molecule has 0 aliphatic heterocycles. The predicted octanol–water partition coefficient (Wildman–Crippen LogP) is 3.57. The number of aryl methyl sites for hydroxylation is 1. The molecular weight excluding hydrogens is 248 g/mol. The molecule has 0 aliphatic rings. The van der Waals surface area contributed by atoms with Crippen molar-refractivity contribution in [1.29, 1.82) is 0 Å². The highest BCUT2D eigenvalue weighted by Crippen LogP contribution is 2.12. The fraction of sp³-hybridized carbons (Fsp3) is 0.133. The molecule has 2 rings (SSSR count). The number of hydrogen-bond donors (Lipinski definition) is 1. The van der Waals surface area contributed by atoms with Gasteiger partial charge in [-0.05, 0) is 42.8 Å². The van der Waals surface area contributed by atoms with Crippen molar-refractivity contribution in [3.05, 3.63) is 65.2 Å². The zero-order valence-corrected chi connectivity index (χ0v) is 10.4. The molecule has 2 aromatic rings. The first-order chi connectivity index (χ1) is 9.06. The summed E-state index contributed by atoms with van der Waals surface area (Å²) in [6, 6.07) is 10.7. The lowest BCUT2D eigenvalue weighted by molar-refractivity contribution is 0.101. The molecule has 0 atom stereocenters. The van der Waals surface area contributed by atoms with Crippen molar-refractivity contribution in [2.24, 2.45) is 0 Å². The molecule has 0 aliphatic carbocycles. The summed E-state index contributed by atoms with van der Waals surface area (Å²) < 4.78 is 25.8. The molecule has 2 aromatic carbocycles. The molecule has 1 N–H and O–H groups in total. The van der Waals surface area contributed by atoms with Crippen LogP contribution in [0.3, 0.4) is 0 Å². The van der Waals surface area contributed by atoms with Gasteiger partial charge in [-0.1, -0.05) is 12.1 Å². The summed E-state index contributed by atoms with van der Waals surface area (Å²) in [5, 5.41) is 2.95. The van der Waals surface area contributed by atoms with Crippen molar-refractivity contribution in [2.45, 2.75) is 6.92 Å². The molecule has 19 heavy (non-hydrogen) atoms. The van der Waals surface area contributed by atoms with Crippen molar-refractivity contribution in [3.63, 3.8) is 0 Å². The summed E-state index contributed by atoms with van der Waals surface area (Å²) in [6.07, 6.45) is 0. The number of benzene rings is 2. The third kappa shape index (κ3) is 3.37. The van der Waals surface area contributed by atoms with Crippen molar-refractivity contribution >= 4 is 11.5 Å². The fourth-order valence-corrected chi connectivity index (χ4v) is 1.71. The summed E-state index contributed by atoms with van der Waals surface area (Å²) in [7, 11) is 0. The van der Waals surface area contributed by atoms with Crippen molar-refractivity contribution in [3.8, 4) is 0 Å². The van der Waals surface area contributed by atoms with E-state index >= 15 is 0 Å². The van der Waals surface area contributed by atoms with Crippen LogP contribution < -0.4 is 5.32 Å². The molecule has 4 heteroatoms. The maximum atomic E-state index is 13.0. The lowest BCUT2D eigenvalue weighted by Gasteiger charge is -2.06. The van der Waals surface area contributed by atoms with Crippen LogP contribution in [-0.4, -0.2) is 12.3 Å². The Bertz CT molecular complexity index is 611. The highest BCUT2D eigenvalue weighted by atomic mass is 19.2. The lowest BCUT2D eigenvalue weighted by Crippen LogP contribution is -2.14. The van der Waals surface area contributed by atoms with Gasteiger partial charge >= 0.3 is 0 Å². The minimum Gasteiger partial charge on any atom is -0.378 e. The molecule has 0 spiro atoms. The number of halogens is 2. The Morgan fingerprint density at radius 1 is 1.11 bits per heavy atom. The first-order valence-corrected chi connectivity index (χ1v) is 5.85. The molecule has 0 fully saturated rings. The second-order valence-corrected chi connectivity index (χ2v) is 4.28. The number of carbonyl (C=O) groups is 1. The maximum absolute atomic E-state index is 13.0. The average Bonchev–Trinajstić information content (AvgIpc) is 2.39. The van der Waals surface area contributed by atoms with Crippen molar-refractivity contribution in [1.82, 2.24) is 0 Å². The van der Waals surface area contributed by atoms with Crippen LogP contribution in [0.5, 0.6) is 0 Å². The number of ketones is 1. The van der Waals surface area contributed by atoms with Gasteiger partial charge in [0.05, 0.1) is 6.54 Å². The third-order valence-electron chi connectivity index (χ3n) is 2.71. The number of carbonyl (C=O) groups excluding carboxylic acids is 1. The van der Waals surface area contributed by atoms with Crippen LogP contribution in [-0.2, 0) is 0 Å². The second-order valence-electron chi connectivity index (χ2n) is 4.28. The molecule has 98 valence electrons. The van der Waals surface area contributed by atoms with Crippen LogP contribution in [0.2, 0.25) is 0 Å². The minimum absolute atomic E-state index is 0.0362. The molecule has 0 heterocycles. The Kier molecular flexibility index (Phi) is 3.90. The summed E-state index contributed by atoms with van der Waals surface area (Å²) in [5.74, 6) is -2.26. The molecule has 0 unspecified atom stereocenters. The van der Waals surface area contributed by atoms with E-state index in [4.69, 9.17) is 0 Å². The van der Waals surface area contributed by atoms with Gasteiger partial charge in [0.15, 0.2) is 17.4 Å². The minimum atomic E-state index is -1.01. The fourth-order valence-electron chi connectivity index (χ4n) is 1.71. The molecule has 0 radical (unpaired) electrons. The van der Waals surface area contributed by atoms with Crippen LogP contribution in [0.4, 0.5) is 14.5 Å². The Labute approximate surface area is 110 Å². The van der Waals surface area contributed by atoms with Gasteiger partial charge in [-0.3, -0.25) is 4.79 Å². The zero-order valence-electron chi connectivity index (χ0n) is 10.4. The van der Waals surface area contributed by atoms with E-state index in [9.17, 15) is 13.6 Å². The SMILES string of the molecule is Cc1cccc(NCC(=O)c2ccc(F)c(F)c2)c1. The smallest absolute Gasteiger partial charge is 0.181 e. The van der Waals surface area contributed by atoms with Gasteiger partial charge in [0.1, 0.15) is 0 Å². The number of hydrogen-bond acceptors (Lipinski definition) is 2. The largest absolute Gasteiger partial charge is 0.378 e. The van der Waals surface area contributed by atoms with E-state index in [1.54, 1.807) is 0 Å². The van der Waals surface area contributed by atoms with Gasteiger partial charge in [0, 0.05) is 11.3 Å². The predicted molar refractivity (Wildman–Crippen MR) is 70.4 cm³/mol. The van der Waals surface area contributed by atoms with E-state index in [-0.39, 0.29) is 17.9 Å². The molecule has 0 aromatic heterocycles. The Morgan fingerprint density at radius 2 is 1.89 bits per heavy atom. The zero-order chi connectivity index (χ0) is 13.8. The lowest BCUT2D eigenvalue weighted by atomic mass is 10.1. The van der Waals surface area contributed by atoms with E-state index in [0.29, 0.717) is 0 Å². The Morgan fingerprint density at radius 3 is 2.58 bits per heavy atom. The summed E-state index contributed by atoms with van der Waals surface area (Å²) in [5.41, 5.74) is 2.04. The van der Waals surface area contributed by atoms with Crippen LogP contribution in [0.25, 0.3) is 0 Å². The van der Waals surface area contributed by atoms with E-state index in [1.165, 1.54) is 6.07 Å². The highest BCUT2D eigenvalue weighted by molar-refractivity contribution is 5.98. The van der Waals surface area contributed by atoms with Crippen LogP contribution in [0.15, 0.2) is 42.5 Å². The van der Waals surface area contributed by atoms with Gasteiger partial charge in [-0.15, -0.1) is 0 Å². The maximum Gasteiger partial charge on any atom is 0.181 e. The first kappa shape index (κ1) is 13.2. The van der Waals surface area contributed by atoms with Gasteiger partial charge in [0.2, 0.25) is 0 Å². The van der Waals surface area contributed by atoms with Crippen molar-refractivity contribution in [2.75, 3.05) is 11.9 Å². The molecule has 0 amide bonds. The summed E-state index contributed by atoms with van der Waals surface area (Å²) in [6.45, 7) is 1.98. The highest BCUT2D eigenvalue weighted by Gasteiger charge is 2.09. The molecule has 0 saturated heterocycles. The number of anilines is 1. The first-order valence-electron chi connectivity index (χ1n) is 5.85. The standard InChI is InChI=1S/C15H13F2NO/c1-10-3-2-4-12(7-10)18-9-15(19)11-5-6-13(16)14(17)8-11/h2-8,18H,9H2,1H3. The van der Waals surface area contributed by atoms with Crippen LogP contribution >= 0.6 is 0 Å². The van der Waals surface area contributed by atoms with E-state index in [0.717, 1.165) is 23.4 Å².